The summed E-state index contributed by atoms with van der Waals surface area (Å²) in [6.45, 7) is 2.25. The van der Waals surface area contributed by atoms with Gasteiger partial charge in [-0.1, -0.05) is 44.0 Å². The third kappa shape index (κ3) is 2.58. The Kier molecular flexibility index (Phi) is 3.93. The van der Waals surface area contributed by atoms with Crippen LogP contribution in [-0.4, -0.2) is 7.05 Å². The standard InChI is InChI=1S/C18H27N/c1-3-4-13-5-8-15(9-6-13)18(19-2)17-12-14-7-10-16(17)11-14/h5-6,8-9,14,16-19H,3-4,7,10-12H2,1-2H3. The first-order valence-electron chi connectivity index (χ1n) is 8.08. The molecule has 104 valence electrons. The van der Waals surface area contributed by atoms with Crippen molar-refractivity contribution in [3.63, 3.8) is 0 Å². The van der Waals surface area contributed by atoms with Crippen LogP contribution in [0, 0.1) is 17.8 Å². The molecule has 1 heteroatoms. The average molecular weight is 257 g/mol. The molecule has 2 aliphatic carbocycles. The molecule has 1 N–H and O–H groups in total. The van der Waals surface area contributed by atoms with Crippen LogP contribution in [0.5, 0.6) is 0 Å². The summed E-state index contributed by atoms with van der Waals surface area (Å²) < 4.78 is 0. The number of hydrogen-bond donors (Lipinski definition) is 1. The van der Waals surface area contributed by atoms with Crippen molar-refractivity contribution in [2.75, 3.05) is 7.05 Å². The van der Waals surface area contributed by atoms with Gasteiger partial charge in [0.25, 0.3) is 0 Å². The molecule has 4 unspecified atom stereocenters. The summed E-state index contributed by atoms with van der Waals surface area (Å²) in [6, 6.07) is 9.95. The molecular formula is C18H27N. The van der Waals surface area contributed by atoms with Crippen molar-refractivity contribution >= 4 is 0 Å². The minimum Gasteiger partial charge on any atom is -0.313 e. The van der Waals surface area contributed by atoms with Crippen LogP contribution in [-0.2, 0) is 6.42 Å². The molecule has 2 aliphatic rings. The fraction of sp³-hybridized carbons (Fsp3) is 0.667. The van der Waals surface area contributed by atoms with Gasteiger partial charge in [0.15, 0.2) is 0 Å². The second-order valence-corrected chi connectivity index (χ2v) is 6.60. The maximum atomic E-state index is 3.60. The fourth-order valence-corrected chi connectivity index (χ4v) is 4.51. The van der Waals surface area contributed by atoms with Gasteiger partial charge in [0.1, 0.15) is 0 Å². The fourth-order valence-electron chi connectivity index (χ4n) is 4.51. The Labute approximate surface area is 117 Å². The molecule has 1 aromatic rings. The first-order valence-corrected chi connectivity index (χ1v) is 8.08. The van der Waals surface area contributed by atoms with Crippen molar-refractivity contribution < 1.29 is 0 Å². The Hall–Kier alpha value is -0.820. The first kappa shape index (κ1) is 13.2. The van der Waals surface area contributed by atoms with E-state index in [1.807, 2.05) is 0 Å². The SMILES string of the molecule is CCCc1ccc(C(NC)C2CC3CCC2C3)cc1. The molecular weight excluding hydrogens is 230 g/mol. The number of aryl methyl sites for hydroxylation is 1. The zero-order valence-electron chi connectivity index (χ0n) is 12.4. The van der Waals surface area contributed by atoms with Crippen molar-refractivity contribution in [3.8, 4) is 0 Å². The van der Waals surface area contributed by atoms with E-state index in [0.29, 0.717) is 6.04 Å². The zero-order valence-corrected chi connectivity index (χ0v) is 12.4. The Morgan fingerprint density at radius 1 is 1.16 bits per heavy atom. The van der Waals surface area contributed by atoms with Gasteiger partial charge in [0.2, 0.25) is 0 Å². The zero-order chi connectivity index (χ0) is 13.2. The van der Waals surface area contributed by atoms with E-state index >= 15 is 0 Å². The van der Waals surface area contributed by atoms with Crippen LogP contribution in [0.25, 0.3) is 0 Å². The van der Waals surface area contributed by atoms with Crippen LogP contribution in [0.4, 0.5) is 0 Å². The molecule has 3 rings (SSSR count). The third-order valence-electron chi connectivity index (χ3n) is 5.41. The van der Waals surface area contributed by atoms with Gasteiger partial charge < -0.3 is 5.32 Å². The molecule has 1 nitrogen and oxygen atoms in total. The van der Waals surface area contributed by atoms with Crippen LogP contribution in [0.15, 0.2) is 24.3 Å². The second-order valence-electron chi connectivity index (χ2n) is 6.60. The second kappa shape index (κ2) is 5.66. The lowest BCUT2D eigenvalue weighted by molar-refractivity contribution is 0.259. The highest BCUT2D eigenvalue weighted by Crippen LogP contribution is 2.52. The van der Waals surface area contributed by atoms with Gasteiger partial charge in [0.05, 0.1) is 0 Å². The highest BCUT2D eigenvalue weighted by Gasteiger charge is 2.42. The van der Waals surface area contributed by atoms with E-state index in [1.165, 1.54) is 49.7 Å². The van der Waals surface area contributed by atoms with Gasteiger partial charge in [-0.25, -0.2) is 0 Å². The summed E-state index contributed by atoms with van der Waals surface area (Å²) in [6.07, 6.45) is 8.36. The topological polar surface area (TPSA) is 12.0 Å². The van der Waals surface area contributed by atoms with Gasteiger partial charge in [-0.05, 0) is 61.6 Å². The minimum atomic E-state index is 0.575. The molecule has 0 amide bonds. The predicted molar refractivity (Wildman–Crippen MR) is 81.2 cm³/mol. The molecule has 0 spiro atoms. The largest absolute Gasteiger partial charge is 0.313 e. The van der Waals surface area contributed by atoms with Crippen LogP contribution in [0.2, 0.25) is 0 Å². The van der Waals surface area contributed by atoms with E-state index in [-0.39, 0.29) is 0 Å². The number of fused-ring (bicyclic) bond motifs is 2. The van der Waals surface area contributed by atoms with Gasteiger partial charge in [-0.3, -0.25) is 0 Å². The average Bonchev–Trinajstić information content (AvgIpc) is 3.05. The van der Waals surface area contributed by atoms with E-state index in [0.717, 1.165) is 17.8 Å². The van der Waals surface area contributed by atoms with E-state index in [1.54, 1.807) is 0 Å². The van der Waals surface area contributed by atoms with Gasteiger partial charge in [-0.15, -0.1) is 0 Å². The molecule has 19 heavy (non-hydrogen) atoms. The normalized spacial score (nSPS) is 30.7. The lowest BCUT2D eigenvalue weighted by Gasteiger charge is -2.30. The van der Waals surface area contributed by atoms with E-state index in [9.17, 15) is 0 Å². The van der Waals surface area contributed by atoms with Gasteiger partial charge >= 0.3 is 0 Å². The van der Waals surface area contributed by atoms with Crippen LogP contribution < -0.4 is 5.32 Å². The molecule has 2 saturated carbocycles. The molecule has 0 saturated heterocycles. The Bertz CT molecular complexity index is 408. The quantitative estimate of drug-likeness (QED) is 0.827. The molecule has 0 aromatic heterocycles. The van der Waals surface area contributed by atoms with Crippen LogP contribution in [0.3, 0.4) is 0 Å². The third-order valence-corrected chi connectivity index (χ3v) is 5.41. The molecule has 0 aliphatic heterocycles. The van der Waals surface area contributed by atoms with Crippen LogP contribution >= 0.6 is 0 Å². The minimum absolute atomic E-state index is 0.575. The molecule has 2 fully saturated rings. The molecule has 4 atom stereocenters. The van der Waals surface area contributed by atoms with Gasteiger partial charge in [-0.2, -0.15) is 0 Å². The monoisotopic (exact) mass is 257 g/mol. The van der Waals surface area contributed by atoms with Crippen molar-refractivity contribution in [2.45, 2.75) is 51.5 Å². The Morgan fingerprint density at radius 3 is 2.47 bits per heavy atom. The Balaban J connectivity index is 1.74. The van der Waals surface area contributed by atoms with Crippen molar-refractivity contribution in [3.05, 3.63) is 35.4 Å². The smallest absolute Gasteiger partial charge is 0.0348 e. The van der Waals surface area contributed by atoms with Gasteiger partial charge in [0, 0.05) is 6.04 Å². The summed E-state index contributed by atoms with van der Waals surface area (Å²) in [5.74, 6) is 2.89. The summed E-state index contributed by atoms with van der Waals surface area (Å²) in [5.41, 5.74) is 2.98. The molecule has 0 radical (unpaired) electrons. The van der Waals surface area contributed by atoms with E-state index in [4.69, 9.17) is 0 Å². The predicted octanol–water partition coefficient (Wildman–Crippen LogP) is 4.34. The summed E-state index contributed by atoms with van der Waals surface area (Å²) in [5, 5.41) is 3.60. The number of hydrogen-bond acceptors (Lipinski definition) is 1. The highest BCUT2D eigenvalue weighted by molar-refractivity contribution is 5.26. The molecule has 2 bridgehead atoms. The number of nitrogens with one attached hydrogen (secondary N) is 1. The van der Waals surface area contributed by atoms with Crippen molar-refractivity contribution in [1.82, 2.24) is 5.32 Å². The highest BCUT2D eigenvalue weighted by atomic mass is 14.9. The number of rotatable bonds is 5. The van der Waals surface area contributed by atoms with Crippen molar-refractivity contribution in [2.24, 2.45) is 17.8 Å². The Morgan fingerprint density at radius 2 is 1.95 bits per heavy atom. The van der Waals surface area contributed by atoms with E-state index < -0.39 is 0 Å². The van der Waals surface area contributed by atoms with E-state index in [2.05, 4.69) is 43.6 Å². The first-order chi connectivity index (χ1) is 9.31. The lowest BCUT2D eigenvalue weighted by atomic mass is 9.80. The molecule has 1 aromatic carbocycles. The van der Waals surface area contributed by atoms with Crippen LogP contribution in [0.1, 0.15) is 56.2 Å². The number of benzene rings is 1. The molecule has 0 heterocycles. The summed E-state index contributed by atoms with van der Waals surface area (Å²) >= 11 is 0. The maximum Gasteiger partial charge on any atom is 0.0348 e. The van der Waals surface area contributed by atoms with Crippen molar-refractivity contribution in [1.29, 1.82) is 0 Å². The summed E-state index contributed by atoms with van der Waals surface area (Å²) in [4.78, 5) is 0. The lowest BCUT2D eigenvalue weighted by Crippen LogP contribution is -2.28. The maximum absolute atomic E-state index is 3.60. The summed E-state index contributed by atoms with van der Waals surface area (Å²) in [7, 11) is 2.14.